The largest absolute Gasteiger partial charge is 0.394 e. The molecule has 1 atom stereocenters. The number of nitrogens with one attached hydrogen (secondary N) is 1. The third kappa shape index (κ3) is 3.50. The number of aliphatic hydroxyl groups is 2. The second kappa shape index (κ2) is 4.61. The molecule has 0 amide bonds. The molecule has 0 fully saturated rings. The van der Waals surface area contributed by atoms with Crippen molar-refractivity contribution in [1.82, 2.24) is 9.97 Å². The number of aromatic nitrogens is 2. The molecular weight excluding hydrogens is 220 g/mol. The molecule has 15 heavy (non-hydrogen) atoms. The number of anilines is 2. The Morgan fingerprint density at radius 3 is 2.93 bits per heavy atom. The van der Waals surface area contributed by atoms with Crippen molar-refractivity contribution < 1.29 is 10.2 Å². The fourth-order valence-corrected chi connectivity index (χ4v) is 0.975. The zero-order valence-corrected chi connectivity index (χ0v) is 8.99. The van der Waals surface area contributed by atoms with Gasteiger partial charge < -0.3 is 21.3 Å². The number of nitrogens with two attached hydrogens (primary N) is 1. The van der Waals surface area contributed by atoms with E-state index in [1.165, 1.54) is 13.1 Å². The lowest BCUT2D eigenvalue weighted by Crippen LogP contribution is -2.37. The predicted octanol–water partition coefficient (Wildman–Crippen LogP) is -0.133. The maximum absolute atomic E-state index is 9.52. The standard InChI is InChI=1S/C8H13ClN4O2/c1-8(15,4-14)3-12-6-5(10)2-11-7(9)13-6/h2,14-15H,3-4,10H2,1H3,(H,11,12,13). The zero-order valence-electron chi connectivity index (χ0n) is 8.24. The summed E-state index contributed by atoms with van der Waals surface area (Å²) in [5, 5.41) is 21.2. The number of rotatable bonds is 4. The van der Waals surface area contributed by atoms with Crippen LogP contribution in [0.4, 0.5) is 11.5 Å². The Bertz CT molecular complexity index is 345. The van der Waals surface area contributed by atoms with Crippen molar-refractivity contribution in [2.24, 2.45) is 0 Å². The number of hydrogen-bond acceptors (Lipinski definition) is 6. The van der Waals surface area contributed by atoms with Gasteiger partial charge in [0.05, 0.1) is 18.5 Å². The molecule has 0 bridgehead atoms. The van der Waals surface area contributed by atoms with E-state index in [0.29, 0.717) is 11.5 Å². The number of nitrogen functional groups attached to an aromatic ring is 1. The highest BCUT2D eigenvalue weighted by Crippen LogP contribution is 2.16. The Kier molecular flexibility index (Phi) is 3.67. The van der Waals surface area contributed by atoms with Crippen LogP contribution < -0.4 is 11.1 Å². The third-order valence-corrected chi connectivity index (χ3v) is 1.95. The summed E-state index contributed by atoms with van der Waals surface area (Å²) in [7, 11) is 0. The highest BCUT2D eigenvalue weighted by molar-refractivity contribution is 6.28. The minimum Gasteiger partial charge on any atom is -0.394 e. The van der Waals surface area contributed by atoms with Gasteiger partial charge in [0.1, 0.15) is 5.60 Å². The number of halogens is 1. The molecule has 0 radical (unpaired) electrons. The molecule has 0 saturated heterocycles. The summed E-state index contributed by atoms with van der Waals surface area (Å²) < 4.78 is 0. The average Bonchev–Trinajstić information content (AvgIpc) is 2.20. The van der Waals surface area contributed by atoms with Gasteiger partial charge in [0, 0.05) is 6.54 Å². The van der Waals surface area contributed by atoms with Gasteiger partial charge in [-0.1, -0.05) is 0 Å². The number of nitrogens with zero attached hydrogens (tertiary/aromatic N) is 2. The first-order valence-corrected chi connectivity index (χ1v) is 4.67. The van der Waals surface area contributed by atoms with Gasteiger partial charge in [-0.15, -0.1) is 0 Å². The van der Waals surface area contributed by atoms with Crippen LogP contribution in [-0.2, 0) is 0 Å². The van der Waals surface area contributed by atoms with Crippen LogP contribution in [0.2, 0.25) is 5.28 Å². The van der Waals surface area contributed by atoms with E-state index in [2.05, 4.69) is 15.3 Å². The van der Waals surface area contributed by atoms with Crippen LogP contribution >= 0.6 is 11.6 Å². The normalized spacial score (nSPS) is 14.7. The molecule has 0 saturated carbocycles. The summed E-state index contributed by atoms with van der Waals surface area (Å²) in [4.78, 5) is 7.52. The molecule has 1 aromatic rings. The van der Waals surface area contributed by atoms with Crippen molar-refractivity contribution >= 4 is 23.1 Å². The van der Waals surface area contributed by atoms with Crippen LogP contribution in [0, 0.1) is 0 Å². The van der Waals surface area contributed by atoms with E-state index >= 15 is 0 Å². The van der Waals surface area contributed by atoms with Crippen molar-refractivity contribution in [1.29, 1.82) is 0 Å². The van der Waals surface area contributed by atoms with E-state index < -0.39 is 5.60 Å². The van der Waals surface area contributed by atoms with Gasteiger partial charge in [-0.3, -0.25) is 0 Å². The molecule has 0 aliphatic carbocycles. The first-order valence-electron chi connectivity index (χ1n) is 4.30. The lowest BCUT2D eigenvalue weighted by molar-refractivity contribution is 0.0132. The monoisotopic (exact) mass is 232 g/mol. The van der Waals surface area contributed by atoms with E-state index in [1.54, 1.807) is 0 Å². The van der Waals surface area contributed by atoms with Crippen molar-refractivity contribution in [3.05, 3.63) is 11.5 Å². The molecule has 6 nitrogen and oxygen atoms in total. The van der Waals surface area contributed by atoms with Crippen LogP contribution in [0.15, 0.2) is 6.20 Å². The summed E-state index contributed by atoms with van der Waals surface area (Å²) in [6, 6.07) is 0. The molecule has 7 heteroatoms. The summed E-state index contributed by atoms with van der Waals surface area (Å²) in [6.45, 7) is 1.23. The van der Waals surface area contributed by atoms with Gasteiger partial charge in [0.25, 0.3) is 0 Å². The van der Waals surface area contributed by atoms with Crippen LogP contribution in [0.25, 0.3) is 0 Å². The highest BCUT2D eigenvalue weighted by Gasteiger charge is 2.19. The number of hydrogen-bond donors (Lipinski definition) is 4. The molecule has 1 rings (SSSR count). The van der Waals surface area contributed by atoms with E-state index in [0.717, 1.165) is 0 Å². The van der Waals surface area contributed by atoms with Gasteiger partial charge in [-0.25, -0.2) is 4.98 Å². The van der Waals surface area contributed by atoms with Crippen LogP contribution in [0.5, 0.6) is 0 Å². The second-order valence-corrected chi connectivity index (χ2v) is 3.79. The summed E-state index contributed by atoms with van der Waals surface area (Å²) in [5.41, 5.74) is 4.66. The van der Waals surface area contributed by atoms with Gasteiger partial charge >= 0.3 is 0 Å². The first-order chi connectivity index (χ1) is 6.94. The molecule has 0 aromatic carbocycles. The molecule has 5 N–H and O–H groups in total. The first kappa shape index (κ1) is 12.0. The molecule has 84 valence electrons. The summed E-state index contributed by atoms with van der Waals surface area (Å²) in [6.07, 6.45) is 1.37. The third-order valence-electron chi connectivity index (χ3n) is 1.76. The van der Waals surface area contributed by atoms with Crippen LogP contribution in [-0.4, -0.2) is 38.9 Å². The summed E-state index contributed by atoms with van der Waals surface area (Å²) in [5.74, 6) is 0.337. The average molecular weight is 233 g/mol. The second-order valence-electron chi connectivity index (χ2n) is 3.45. The Balaban J connectivity index is 2.69. The topological polar surface area (TPSA) is 104 Å². The van der Waals surface area contributed by atoms with Crippen molar-refractivity contribution in [2.45, 2.75) is 12.5 Å². The minimum absolute atomic E-state index is 0.0651. The highest BCUT2D eigenvalue weighted by atomic mass is 35.5. The van der Waals surface area contributed by atoms with Crippen molar-refractivity contribution in [3.8, 4) is 0 Å². The van der Waals surface area contributed by atoms with E-state index in [-0.39, 0.29) is 18.4 Å². The smallest absolute Gasteiger partial charge is 0.224 e. The molecule has 0 aliphatic rings. The maximum atomic E-state index is 9.52. The molecule has 0 spiro atoms. The molecular formula is C8H13ClN4O2. The van der Waals surface area contributed by atoms with Crippen molar-refractivity contribution in [3.63, 3.8) is 0 Å². The Labute approximate surface area is 92.1 Å². The van der Waals surface area contributed by atoms with Gasteiger partial charge in [0.2, 0.25) is 5.28 Å². The lowest BCUT2D eigenvalue weighted by atomic mass is 10.1. The van der Waals surface area contributed by atoms with E-state index in [4.69, 9.17) is 22.4 Å². The van der Waals surface area contributed by atoms with E-state index in [9.17, 15) is 5.11 Å². The number of aliphatic hydroxyl groups excluding tert-OH is 1. The van der Waals surface area contributed by atoms with Gasteiger partial charge in [0.15, 0.2) is 5.82 Å². The Hall–Kier alpha value is -1.11. The summed E-state index contributed by atoms with van der Waals surface area (Å²) >= 11 is 5.57. The Morgan fingerprint density at radius 1 is 1.67 bits per heavy atom. The minimum atomic E-state index is -1.23. The van der Waals surface area contributed by atoms with Crippen LogP contribution in [0.1, 0.15) is 6.92 Å². The van der Waals surface area contributed by atoms with Gasteiger partial charge in [-0.2, -0.15) is 4.98 Å². The van der Waals surface area contributed by atoms with Crippen molar-refractivity contribution in [2.75, 3.05) is 24.2 Å². The fraction of sp³-hybridized carbons (Fsp3) is 0.500. The SMILES string of the molecule is CC(O)(CO)CNc1nc(Cl)ncc1N. The lowest BCUT2D eigenvalue weighted by Gasteiger charge is -2.21. The Morgan fingerprint density at radius 2 is 2.33 bits per heavy atom. The van der Waals surface area contributed by atoms with E-state index in [1.807, 2.05) is 0 Å². The van der Waals surface area contributed by atoms with Crippen LogP contribution in [0.3, 0.4) is 0 Å². The zero-order chi connectivity index (χ0) is 11.5. The fourth-order valence-electron chi connectivity index (χ4n) is 0.841. The predicted molar refractivity (Wildman–Crippen MR) is 57.7 cm³/mol. The molecule has 1 aromatic heterocycles. The molecule has 0 aliphatic heterocycles. The molecule has 1 heterocycles. The maximum Gasteiger partial charge on any atom is 0.224 e. The quantitative estimate of drug-likeness (QED) is 0.539. The molecule has 1 unspecified atom stereocenters. The van der Waals surface area contributed by atoms with Gasteiger partial charge in [-0.05, 0) is 18.5 Å².